The number of sulfonamides is 1. The molecule has 0 bridgehead atoms. The standard InChI is InChI=1S/C9H19NO3S/c1-9(2,3)10-14(11,12)6-4-5-8-7-13-8/h8,10H,4-7H2,1-3H3. The van der Waals surface area contributed by atoms with E-state index >= 15 is 0 Å². The molecular formula is C9H19NO3S. The van der Waals surface area contributed by atoms with Crippen molar-refractivity contribution in [2.45, 2.75) is 45.3 Å². The summed E-state index contributed by atoms with van der Waals surface area (Å²) in [5.41, 5.74) is -0.380. The zero-order valence-corrected chi connectivity index (χ0v) is 9.86. The summed E-state index contributed by atoms with van der Waals surface area (Å²) < 4.78 is 30.6. The van der Waals surface area contributed by atoms with E-state index in [2.05, 4.69) is 4.72 Å². The van der Waals surface area contributed by atoms with Crippen LogP contribution >= 0.6 is 0 Å². The van der Waals surface area contributed by atoms with E-state index in [-0.39, 0.29) is 11.3 Å². The van der Waals surface area contributed by atoms with Crippen LogP contribution < -0.4 is 4.72 Å². The van der Waals surface area contributed by atoms with Gasteiger partial charge in [-0.05, 0) is 33.6 Å². The smallest absolute Gasteiger partial charge is 0.212 e. The Bertz CT molecular complexity index is 275. The number of nitrogens with one attached hydrogen (secondary N) is 1. The fraction of sp³-hybridized carbons (Fsp3) is 1.00. The second-order valence-electron chi connectivity index (χ2n) is 4.77. The highest BCUT2D eigenvalue weighted by atomic mass is 32.2. The maximum absolute atomic E-state index is 11.5. The summed E-state index contributed by atoms with van der Waals surface area (Å²) in [6, 6.07) is 0. The van der Waals surface area contributed by atoms with E-state index in [0.717, 1.165) is 13.0 Å². The molecule has 1 rings (SSSR count). The van der Waals surface area contributed by atoms with Gasteiger partial charge in [-0.15, -0.1) is 0 Å². The minimum absolute atomic E-state index is 0.199. The molecule has 0 aromatic carbocycles. The van der Waals surface area contributed by atoms with Gasteiger partial charge in [-0.3, -0.25) is 0 Å². The normalized spacial score (nSPS) is 22.4. The van der Waals surface area contributed by atoms with Crippen LogP contribution in [0.4, 0.5) is 0 Å². The van der Waals surface area contributed by atoms with E-state index in [9.17, 15) is 8.42 Å². The van der Waals surface area contributed by atoms with Crippen LogP contribution in [0.3, 0.4) is 0 Å². The van der Waals surface area contributed by atoms with E-state index in [1.807, 2.05) is 20.8 Å². The van der Waals surface area contributed by atoms with Crippen molar-refractivity contribution in [3.8, 4) is 0 Å². The van der Waals surface area contributed by atoms with E-state index in [1.165, 1.54) is 0 Å². The average molecular weight is 221 g/mol. The minimum atomic E-state index is -3.11. The predicted octanol–water partition coefficient (Wildman–Crippen LogP) is 0.883. The molecule has 84 valence electrons. The summed E-state index contributed by atoms with van der Waals surface area (Å²) >= 11 is 0. The van der Waals surface area contributed by atoms with Crippen molar-refractivity contribution in [3.05, 3.63) is 0 Å². The van der Waals surface area contributed by atoms with E-state index < -0.39 is 10.0 Å². The summed E-state index contributed by atoms with van der Waals surface area (Å²) in [6.45, 7) is 6.32. The minimum Gasteiger partial charge on any atom is -0.373 e. The maximum Gasteiger partial charge on any atom is 0.212 e. The largest absolute Gasteiger partial charge is 0.373 e. The van der Waals surface area contributed by atoms with Crippen LogP contribution in [-0.2, 0) is 14.8 Å². The first-order chi connectivity index (χ1) is 6.29. The zero-order chi connectivity index (χ0) is 10.8. The first-order valence-corrected chi connectivity index (χ1v) is 6.57. The molecule has 1 unspecified atom stereocenters. The SMILES string of the molecule is CC(C)(C)NS(=O)(=O)CCCC1CO1. The summed E-state index contributed by atoms with van der Waals surface area (Å²) in [7, 11) is -3.11. The molecule has 1 fully saturated rings. The van der Waals surface area contributed by atoms with Gasteiger partial charge in [-0.1, -0.05) is 0 Å². The summed E-state index contributed by atoms with van der Waals surface area (Å²) in [5.74, 6) is 0.199. The molecule has 0 aliphatic carbocycles. The van der Waals surface area contributed by atoms with Crippen molar-refractivity contribution in [1.29, 1.82) is 0 Å². The Morgan fingerprint density at radius 2 is 2.00 bits per heavy atom. The fourth-order valence-corrected chi connectivity index (χ4v) is 2.84. The number of hydrogen-bond donors (Lipinski definition) is 1. The zero-order valence-electron chi connectivity index (χ0n) is 9.04. The van der Waals surface area contributed by atoms with Gasteiger partial charge in [0.2, 0.25) is 10.0 Å². The second-order valence-corrected chi connectivity index (χ2v) is 6.61. The van der Waals surface area contributed by atoms with Gasteiger partial charge in [-0.2, -0.15) is 0 Å². The predicted molar refractivity (Wildman–Crippen MR) is 55.6 cm³/mol. The Morgan fingerprint density at radius 1 is 1.43 bits per heavy atom. The first-order valence-electron chi connectivity index (χ1n) is 4.92. The van der Waals surface area contributed by atoms with Crippen molar-refractivity contribution in [2.24, 2.45) is 0 Å². The van der Waals surface area contributed by atoms with E-state index in [1.54, 1.807) is 0 Å². The van der Waals surface area contributed by atoms with Crippen LogP contribution in [0.5, 0.6) is 0 Å². The van der Waals surface area contributed by atoms with Gasteiger partial charge in [0.05, 0.1) is 18.5 Å². The third-order valence-electron chi connectivity index (χ3n) is 1.80. The van der Waals surface area contributed by atoms with Crippen LogP contribution in [0.2, 0.25) is 0 Å². The quantitative estimate of drug-likeness (QED) is 0.701. The summed E-state index contributed by atoms with van der Waals surface area (Å²) in [5, 5.41) is 0. The Morgan fingerprint density at radius 3 is 2.43 bits per heavy atom. The highest BCUT2D eigenvalue weighted by Gasteiger charge is 2.24. The first kappa shape index (κ1) is 11.9. The Labute approximate surface area is 86.1 Å². The fourth-order valence-electron chi connectivity index (χ4n) is 1.25. The molecule has 5 heteroatoms. The van der Waals surface area contributed by atoms with Crippen LogP contribution in [-0.4, -0.2) is 32.4 Å². The lowest BCUT2D eigenvalue weighted by Crippen LogP contribution is -2.41. The molecule has 1 saturated heterocycles. The molecule has 1 aliphatic heterocycles. The summed E-state index contributed by atoms with van der Waals surface area (Å²) in [4.78, 5) is 0. The van der Waals surface area contributed by atoms with Crippen molar-refractivity contribution in [1.82, 2.24) is 4.72 Å². The van der Waals surface area contributed by atoms with Crippen molar-refractivity contribution < 1.29 is 13.2 Å². The lowest BCUT2D eigenvalue weighted by Gasteiger charge is -2.20. The molecule has 14 heavy (non-hydrogen) atoms. The third kappa shape index (κ3) is 5.57. The molecule has 0 amide bonds. The Kier molecular flexibility index (Phi) is 3.55. The lowest BCUT2D eigenvalue weighted by molar-refractivity contribution is 0.394. The number of hydrogen-bond acceptors (Lipinski definition) is 3. The molecule has 0 spiro atoms. The van der Waals surface area contributed by atoms with Crippen LogP contribution in [0.25, 0.3) is 0 Å². The molecule has 1 aliphatic rings. The van der Waals surface area contributed by atoms with Crippen LogP contribution in [0, 0.1) is 0 Å². The topological polar surface area (TPSA) is 58.7 Å². The maximum atomic E-state index is 11.5. The molecule has 1 heterocycles. The van der Waals surface area contributed by atoms with Gasteiger partial charge in [0.1, 0.15) is 0 Å². The molecule has 0 saturated carbocycles. The molecule has 4 nitrogen and oxygen atoms in total. The molecule has 0 radical (unpaired) electrons. The number of epoxide rings is 1. The number of ether oxygens (including phenoxy) is 1. The highest BCUT2D eigenvalue weighted by Crippen LogP contribution is 2.16. The van der Waals surface area contributed by atoms with Crippen molar-refractivity contribution in [3.63, 3.8) is 0 Å². The highest BCUT2D eigenvalue weighted by molar-refractivity contribution is 7.89. The van der Waals surface area contributed by atoms with E-state index in [0.29, 0.717) is 12.5 Å². The van der Waals surface area contributed by atoms with Crippen molar-refractivity contribution in [2.75, 3.05) is 12.4 Å². The molecular weight excluding hydrogens is 202 g/mol. The van der Waals surface area contributed by atoms with Gasteiger partial charge < -0.3 is 4.74 Å². The Hall–Kier alpha value is -0.130. The Balaban J connectivity index is 2.25. The van der Waals surface area contributed by atoms with Crippen molar-refractivity contribution >= 4 is 10.0 Å². The lowest BCUT2D eigenvalue weighted by atomic mass is 10.1. The molecule has 1 N–H and O–H groups in total. The molecule has 0 aromatic rings. The van der Waals surface area contributed by atoms with Gasteiger partial charge in [0.15, 0.2) is 0 Å². The molecule has 1 atom stereocenters. The van der Waals surface area contributed by atoms with Crippen LogP contribution in [0.1, 0.15) is 33.6 Å². The number of rotatable bonds is 5. The van der Waals surface area contributed by atoms with Gasteiger partial charge in [-0.25, -0.2) is 13.1 Å². The summed E-state index contributed by atoms with van der Waals surface area (Å²) in [6.07, 6.45) is 1.85. The second kappa shape index (κ2) is 4.16. The average Bonchev–Trinajstić information content (AvgIpc) is 2.64. The monoisotopic (exact) mass is 221 g/mol. The van der Waals surface area contributed by atoms with Gasteiger partial charge in [0.25, 0.3) is 0 Å². The van der Waals surface area contributed by atoms with E-state index in [4.69, 9.17) is 4.74 Å². The van der Waals surface area contributed by atoms with Crippen LogP contribution in [0.15, 0.2) is 0 Å². The van der Waals surface area contributed by atoms with Gasteiger partial charge in [0, 0.05) is 5.54 Å². The molecule has 0 aromatic heterocycles. The third-order valence-corrected chi connectivity index (χ3v) is 3.55. The van der Waals surface area contributed by atoms with Gasteiger partial charge >= 0.3 is 0 Å².